The molecule has 0 bridgehead atoms. The molecule has 1 amide bonds. The van der Waals surface area contributed by atoms with Gasteiger partial charge in [-0.2, -0.15) is 0 Å². The molecule has 0 fully saturated rings. The molecule has 0 spiro atoms. The van der Waals surface area contributed by atoms with Gasteiger partial charge in [0.2, 0.25) is 5.91 Å². The molecule has 0 aliphatic carbocycles. The minimum atomic E-state index is 0.0738. The van der Waals surface area contributed by atoms with Crippen LogP contribution in [0.2, 0.25) is 0 Å². The van der Waals surface area contributed by atoms with Crippen LogP contribution in [0.1, 0.15) is 75.5 Å². The molecule has 1 atom stereocenters. The first kappa shape index (κ1) is 21.7. The van der Waals surface area contributed by atoms with Crippen molar-refractivity contribution in [3.8, 4) is 11.8 Å². The van der Waals surface area contributed by atoms with Crippen molar-refractivity contribution in [1.29, 1.82) is 0 Å². The Kier molecular flexibility index (Phi) is 8.60. The Labute approximate surface area is 180 Å². The number of fused-ring (bicyclic) bond motifs is 1. The zero-order chi connectivity index (χ0) is 21.0. The molecule has 1 heterocycles. The summed E-state index contributed by atoms with van der Waals surface area (Å²) >= 11 is 0. The van der Waals surface area contributed by atoms with Crippen molar-refractivity contribution < 1.29 is 4.79 Å². The standard InChI is InChI=1S/C27H32N2O/c1-22(24-14-10-8-11-15-24)29-27(30)16-12-7-5-3-2-4-6-9-13-23-17-18-26-25(21-23)19-20-28-26/h8,10-11,14-15,17-22,28H,2-7,12,16H2,1H3,(H,29,30). The van der Waals surface area contributed by atoms with Gasteiger partial charge in [-0.1, -0.05) is 67.9 Å². The quantitative estimate of drug-likeness (QED) is 0.295. The lowest BCUT2D eigenvalue weighted by molar-refractivity contribution is -0.121. The molecule has 0 aliphatic heterocycles. The summed E-state index contributed by atoms with van der Waals surface area (Å²) in [4.78, 5) is 15.3. The molecule has 0 aliphatic rings. The van der Waals surface area contributed by atoms with Crippen molar-refractivity contribution >= 4 is 16.8 Å². The Morgan fingerprint density at radius 2 is 1.73 bits per heavy atom. The minimum absolute atomic E-state index is 0.0738. The predicted octanol–water partition coefficient (Wildman–Crippen LogP) is 6.52. The number of carbonyl (C=O) groups is 1. The van der Waals surface area contributed by atoms with Crippen LogP contribution >= 0.6 is 0 Å². The maximum absolute atomic E-state index is 12.1. The van der Waals surface area contributed by atoms with Crippen LogP contribution in [0.4, 0.5) is 0 Å². The smallest absolute Gasteiger partial charge is 0.220 e. The summed E-state index contributed by atoms with van der Waals surface area (Å²) in [5.41, 5.74) is 3.39. The lowest BCUT2D eigenvalue weighted by Gasteiger charge is -2.14. The van der Waals surface area contributed by atoms with Gasteiger partial charge < -0.3 is 10.3 Å². The monoisotopic (exact) mass is 400 g/mol. The topological polar surface area (TPSA) is 44.9 Å². The Hall–Kier alpha value is -2.99. The molecule has 0 saturated heterocycles. The number of aromatic nitrogens is 1. The van der Waals surface area contributed by atoms with Crippen LogP contribution in [0.3, 0.4) is 0 Å². The maximum Gasteiger partial charge on any atom is 0.220 e. The first-order valence-corrected chi connectivity index (χ1v) is 11.1. The summed E-state index contributed by atoms with van der Waals surface area (Å²) < 4.78 is 0. The number of amides is 1. The highest BCUT2D eigenvalue weighted by Crippen LogP contribution is 2.14. The van der Waals surface area contributed by atoms with E-state index in [-0.39, 0.29) is 11.9 Å². The number of nitrogens with one attached hydrogen (secondary N) is 2. The van der Waals surface area contributed by atoms with Crippen LogP contribution in [0.15, 0.2) is 60.8 Å². The van der Waals surface area contributed by atoms with Crippen molar-refractivity contribution in [2.45, 2.75) is 64.3 Å². The lowest BCUT2D eigenvalue weighted by Crippen LogP contribution is -2.26. The zero-order valence-electron chi connectivity index (χ0n) is 17.9. The highest BCUT2D eigenvalue weighted by atomic mass is 16.1. The minimum Gasteiger partial charge on any atom is -0.361 e. The molecular formula is C27H32N2O. The van der Waals surface area contributed by atoms with E-state index in [9.17, 15) is 4.79 Å². The SMILES string of the molecule is CC(NC(=O)CCCCCCCCC#Cc1ccc2[nH]ccc2c1)c1ccccc1. The fourth-order valence-electron chi connectivity index (χ4n) is 3.64. The summed E-state index contributed by atoms with van der Waals surface area (Å²) in [6.07, 6.45) is 10.4. The first-order valence-electron chi connectivity index (χ1n) is 11.1. The average Bonchev–Trinajstić information content (AvgIpc) is 3.23. The van der Waals surface area contributed by atoms with Gasteiger partial charge in [-0.05, 0) is 49.6 Å². The molecule has 3 heteroatoms. The Morgan fingerprint density at radius 1 is 0.967 bits per heavy atom. The van der Waals surface area contributed by atoms with Gasteiger partial charge in [-0.25, -0.2) is 0 Å². The third-order valence-corrected chi connectivity index (χ3v) is 5.42. The number of rotatable bonds is 10. The van der Waals surface area contributed by atoms with Gasteiger partial charge in [0.1, 0.15) is 0 Å². The van der Waals surface area contributed by atoms with E-state index in [0.717, 1.165) is 42.3 Å². The number of benzene rings is 2. The molecule has 30 heavy (non-hydrogen) atoms. The lowest BCUT2D eigenvalue weighted by atomic mass is 10.1. The van der Waals surface area contributed by atoms with Gasteiger partial charge in [0.15, 0.2) is 0 Å². The predicted molar refractivity (Wildman–Crippen MR) is 125 cm³/mol. The highest BCUT2D eigenvalue weighted by Gasteiger charge is 2.08. The zero-order valence-corrected chi connectivity index (χ0v) is 17.9. The number of hydrogen-bond donors (Lipinski definition) is 2. The van der Waals surface area contributed by atoms with Gasteiger partial charge >= 0.3 is 0 Å². The van der Waals surface area contributed by atoms with Crippen LogP contribution in [0.25, 0.3) is 10.9 Å². The third kappa shape index (κ3) is 7.12. The highest BCUT2D eigenvalue weighted by molar-refractivity contribution is 5.80. The number of aromatic amines is 1. The molecule has 3 nitrogen and oxygen atoms in total. The van der Waals surface area contributed by atoms with Crippen molar-refractivity contribution in [2.75, 3.05) is 0 Å². The second-order valence-corrected chi connectivity index (χ2v) is 7.90. The summed E-state index contributed by atoms with van der Waals surface area (Å²) in [5.74, 6) is 6.72. The largest absolute Gasteiger partial charge is 0.361 e. The van der Waals surface area contributed by atoms with Crippen molar-refractivity contribution in [1.82, 2.24) is 10.3 Å². The first-order chi connectivity index (χ1) is 14.7. The second kappa shape index (κ2) is 11.9. The normalized spacial score (nSPS) is 11.6. The number of H-pyrrole nitrogens is 1. The molecular weight excluding hydrogens is 368 g/mol. The van der Waals surface area contributed by atoms with Crippen LogP contribution in [0, 0.1) is 11.8 Å². The molecule has 3 aromatic rings. The molecule has 3 rings (SSSR count). The van der Waals surface area contributed by atoms with E-state index in [4.69, 9.17) is 0 Å². The van der Waals surface area contributed by atoms with E-state index >= 15 is 0 Å². The number of carbonyl (C=O) groups excluding carboxylic acids is 1. The van der Waals surface area contributed by atoms with E-state index < -0.39 is 0 Å². The molecule has 2 N–H and O–H groups in total. The molecule has 1 aromatic heterocycles. The molecule has 0 saturated carbocycles. The van der Waals surface area contributed by atoms with Crippen LogP contribution in [0.5, 0.6) is 0 Å². The summed E-state index contributed by atoms with van der Waals surface area (Å²) in [6, 6.07) is 18.6. The Balaban J connectivity index is 1.20. The van der Waals surface area contributed by atoms with Gasteiger partial charge in [0.05, 0.1) is 6.04 Å². The van der Waals surface area contributed by atoms with E-state index in [0.29, 0.717) is 6.42 Å². The molecule has 1 unspecified atom stereocenters. The maximum atomic E-state index is 12.1. The third-order valence-electron chi connectivity index (χ3n) is 5.42. The van der Waals surface area contributed by atoms with Gasteiger partial charge in [-0.3, -0.25) is 4.79 Å². The van der Waals surface area contributed by atoms with E-state index in [1.54, 1.807) is 0 Å². The van der Waals surface area contributed by atoms with Crippen molar-refractivity contribution in [3.63, 3.8) is 0 Å². The molecule has 2 aromatic carbocycles. The summed E-state index contributed by atoms with van der Waals surface area (Å²) in [6.45, 7) is 2.04. The number of hydrogen-bond acceptors (Lipinski definition) is 1. The van der Waals surface area contributed by atoms with Crippen LogP contribution < -0.4 is 5.32 Å². The summed E-state index contributed by atoms with van der Waals surface area (Å²) in [5, 5.41) is 4.30. The summed E-state index contributed by atoms with van der Waals surface area (Å²) in [7, 11) is 0. The van der Waals surface area contributed by atoms with E-state index in [1.807, 2.05) is 31.3 Å². The van der Waals surface area contributed by atoms with Gasteiger partial charge in [0.25, 0.3) is 0 Å². The van der Waals surface area contributed by atoms with Gasteiger partial charge in [0, 0.05) is 35.5 Å². The fraction of sp³-hybridized carbons (Fsp3) is 0.370. The van der Waals surface area contributed by atoms with Crippen molar-refractivity contribution in [3.05, 3.63) is 71.9 Å². The van der Waals surface area contributed by atoms with Crippen LogP contribution in [-0.4, -0.2) is 10.9 Å². The second-order valence-electron chi connectivity index (χ2n) is 7.90. The van der Waals surface area contributed by atoms with E-state index in [2.05, 4.69) is 58.5 Å². The molecule has 156 valence electrons. The number of unbranched alkanes of at least 4 members (excludes halogenated alkanes) is 6. The average molecular weight is 401 g/mol. The molecule has 0 radical (unpaired) electrons. The van der Waals surface area contributed by atoms with E-state index in [1.165, 1.54) is 24.6 Å². The van der Waals surface area contributed by atoms with Crippen LogP contribution in [-0.2, 0) is 4.79 Å². The Morgan fingerprint density at radius 3 is 2.57 bits per heavy atom. The van der Waals surface area contributed by atoms with Crippen molar-refractivity contribution in [2.24, 2.45) is 0 Å². The van der Waals surface area contributed by atoms with Gasteiger partial charge in [-0.15, -0.1) is 0 Å². The fourth-order valence-corrected chi connectivity index (χ4v) is 3.64. The Bertz CT molecular complexity index is 978.